The molecule has 1 heterocycles. The molecule has 21 heavy (non-hydrogen) atoms. The molecule has 6 heteroatoms. The van der Waals surface area contributed by atoms with Gasteiger partial charge in [-0.3, -0.25) is 9.79 Å². The molecule has 1 aromatic rings. The maximum Gasteiger partial charge on any atom is 0.249 e. The van der Waals surface area contributed by atoms with Crippen LogP contribution in [0.2, 0.25) is 0 Å². The number of hydrogen-bond acceptors (Lipinski definition) is 5. The summed E-state index contributed by atoms with van der Waals surface area (Å²) in [4.78, 5) is 15.7. The smallest absolute Gasteiger partial charge is 0.249 e. The first-order chi connectivity index (χ1) is 10.2. The lowest BCUT2D eigenvalue weighted by atomic mass is 10.2. The fraction of sp³-hybridized carbons (Fsp3) is 0.200. The highest BCUT2D eigenvalue weighted by Crippen LogP contribution is 2.26. The molecule has 0 spiro atoms. The monoisotopic (exact) mass is 304 g/mol. The lowest BCUT2D eigenvalue weighted by molar-refractivity contribution is -0.115. The van der Waals surface area contributed by atoms with E-state index in [0.717, 1.165) is 17.9 Å². The summed E-state index contributed by atoms with van der Waals surface area (Å²) in [6, 6.07) is 5.03. The molecule has 1 amide bonds. The first kappa shape index (κ1) is 15.2. The van der Waals surface area contributed by atoms with Crippen LogP contribution in [-0.4, -0.2) is 35.6 Å². The lowest BCUT2D eigenvalue weighted by Gasteiger charge is -2.03. The normalized spacial score (nSPS) is 14.6. The molecule has 0 aliphatic carbocycles. The summed E-state index contributed by atoms with van der Waals surface area (Å²) in [5.41, 5.74) is 0.866. The molecule has 0 aromatic heterocycles. The molecular weight excluding hydrogens is 288 g/mol. The fourth-order valence-corrected chi connectivity index (χ4v) is 2.40. The van der Waals surface area contributed by atoms with Crippen molar-refractivity contribution in [3.63, 3.8) is 0 Å². The number of aliphatic imine (C=N–C) groups is 1. The molecule has 2 N–H and O–H groups in total. The molecule has 1 aliphatic rings. The SMILES string of the molecule is COc1cc(C=CC=CC(=O)NC2=NCCS2)ccc1O. The van der Waals surface area contributed by atoms with E-state index in [4.69, 9.17) is 4.74 Å². The number of nitrogens with zero attached hydrogens (tertiary/aromatic N) is 1. The summed E-state index contributed by atoms with van der Waals surface area (Å²) in [5.74, 6) is 1.23. The zero-order chi connectivity index (χ0) is 15.1. The van der Waals surface area contributed by atoms with Crippen LogP contribution in [0.1, 0.15) is 5.56 Å². The van der Waals surface area contributed by atoms with Gasteiger partial charge in [0.15, 0.2) is 16.7 Å². The Morgan fingerprint density at radius 1 is 1.48 bits per heavy atom. The van der Waals surface area contributed by atoms with Crippen LogP contribution in [0.15, 0.2) is 41.4 Å². The number of aromatic hydroxyl groups is 1. The van der Waals surface area contributed by atoms with Gasteiger partial charge in [0.25, 0.3) is 0 Å². The maximum absolute atomic E-state index is 11.6. The Morgan fingerprint density at radius 3 is 3.05 bits per heavy atom. The Bertz CT molecular complexity index is 609. The van der Waals surface area contributed by atoms with Crippen LogP contribution in [0.5, 0.6) is 11.5 Å². The molecule has 0 bridgehead atoms. The van der Waals surface area contributed by atoms with E-state index in [0.29, 0.717) is 10.9 Å². The van der Waals surface area contributed by atoms with Crippen molar-refractivity contribution >= 4 is 28.9 Å². The third-order valence-electron chi connectivity index (χ3n) is 2.67. The number of amides is 1. The number of carbonyl (C=O) groups excluding carboxylic acids is 1. The van der Waals surface area contributed by atoms with Gasteiger partial charge in [0.1, 0.15) is 0 Å². The second-order valence-electron chi connectivity index (χ2n) is 4.17. The van der Waals surface area contributed by atoms with Crippen LogP contribution in [-0.2, 0) is 4.79 Å². The molecule has 1 aromatic carbocycles. The van der Waals surface area contributed by atoms with Crippen molar-refractivity contribution in [2.24, 2.45) is 4.99 Å². The average molecular weight is 304 g/mol. The van der Waals surface area contributed by atoms with Gasteiger partial charge in [0.05, 0.1) is 13.7 Å². The molecule has 0 radical (unpaired) electrons. The van der Waals surface area contributed by atoms with Crippen molar-refractivity contribution in [1.29, 1.82) is 0 Å². The quantitative estimate of drug-likeness (QED) is 0.661. The van der Waals surface area contributed by atoms with Crippen LogP contribution >= 0.6 is 11.8 Å². The van der Waals surface area contributed by atoms with Crippen molar-refractivity contribution in [3.8, 4) is 11.5 Å². The van der Waals surface area contributed by atoms with Crippen LogP contribution in [0.3, 0.4) is 0 Å². The maximum atomic E-state index is 11.6. The highest BCUT2D eigenvalue weighted by Gasteiger charge is 2.08. The van der Waals surface area contributed by atoms with Crippen LogP contribution in [0.4, 0.5) is 0 Å². The summed E-state index contributed by atoms with van der Waals surface area (Å²) >= 11 is 1.54. The average Bonchev–Trinajstić information content (AvgIpc) is 2.98. The third kappa shape index (κ3) is 4.68. The minimum Gasteiger partial charge on any atom is -0.504 e. The number of nitrogens with one attached hydrogen (secondary N) is 1. The summed E-state index contributed by atoms with van der Waals surface area (Å²) in [7, 11) is 1.50. The molecule has 110 valence electrons. The molecule has 0 saturated heterocycles. The zero-order valence-electron chi connectivity index (χ0n) is 11.6. The number of phenolic OH excluding ortho intramolecular Hbond substituents is 1. The van der Waals surface area contributed by atoms with Gasteiger partial charge in [-0.1, -0.05) is 36.1 Å². The number of benzene rings is 1. The van der Waals surface area contributed by atoms with Crippen molar-refractivity contribution in [3.05, 3.63) is 42.0 Å². The summed E-state index contributed by atoms with van der Waals surface area (Å²) in [6.45, 7) is 0.757. The second-order valence-corrected chi connectivity index (χ2v) is 5.26. The number of ether oxygens (including phenoxy) is 1. The molecule has 5 nitrogen and oxygen atoms in total. The van der Waals surface area contributed by atoms with Gasteiger partial charge in [-0.15, -0.1) is 0 Å². The van der Waals surface area contributed by atoms with E-state index in [1.165, 1.54) is 13.2 Å². The third-order valence-corrected chi connectivity index (χ3v) is 3.56. The fourth-order valence-electron chi connectivity index (χ4n) is 1.67. The van der Waals surface area contributed by atoms with Crippen LogP contribution in [0, 0.1) is 0 Å². The molecule has 0 atom stereocenters. The topological polar surface area (TPSA) is 70.9 Å². The van der Waals surface area contributed by atoms with E-state index in [-0.39, 0.29) is 11.7 Å². The van der Waals surface area contributed by atoms with Crippen LogP contribution in [0.25, 0.3) is 6.08 Å². The highest BCUT2D eigenvalue weighted by atomic mass is 32.2. The van der Waals surface area contributed by atoms with Gasteiger partial charge < -0.3 is 15.2 Å². The minimum absolute atomic E-state index is 0.0967. The summed E-state index contributed by atoms with van der Waals surface area (Å²) in [5, 5.41) is 12.9. The largest absolute Gasteiger partial charge is 0.504 e. The minimum atomic E-state index is -0.198. The van der Waals surface area contributed by atoms with E-state index < -0.39 is 0 Å². The number of carbonyl (C=O) groups is 1. The van der Waals surface area contributed by atoms with Crippen molar-refractivity contribution in [2.75, 3.05) is 19.4 Å². The highest BCUT2D eigenvalue weighted by molar-refractivity contribution is 8.14. The first-order valence-electron chi connectivity index (χ1n) is 6.39. The predicted molar refractivity (Wildman–Crippen MR) is 85.7 cm³/mol. The number of amidine groups is 1. The Kier molecular flexibility index (Phi) is 5.45. The van der Waals surface area contributed by atoms with Gasteiger partial charge in [0.2, 0.25) is 5.91 Å². The first-order valence-corrected chi connectivity index (χ1v) is 7.37. The Morgan fingerprint density at radius 2 is 2.33 bits per heavy atom. The van der Waals surface area contributed by atoms with E-state index in [1.54, 1.807) is 42.1 Å². The molecule has 0 unspecified atom stereocenters. The number of methoxy groups -OCH3 is 1. The standard InChI is InChI=1S/C15H16N2O3S/c1-20-13-10-11(6-7-12(13)18)4-2-3-5-14(19)17-15-16-8-9-21-15/h2-7,10,18H,8-9H2,1H3,(H,16,17,19). The van der Waals surface area contributed by atoms with Crippen LogP contribution < -0.4 is 10.1 Å². The van der Waals surface area contributed by atoms with E-state index in [1.807, 2.05) is 6.08 Å². The van der Waals surface area contributed by atoms with E-state index in [9.17, 15) is 9.90 Å². The molecule has 0 fully saturated rings. The Balaban J connectivity index is 1.89. The van der Waals surface area contributed by atoms with E-state index >= 15 is 0 Å². The molecule has 0 saturated carbocycles. The van der Waals surface area contributed by atoms with Crippen molar-refractivity contribution in [1.82, 2.24) is 5.32 Å². The Hall–Kier alpha value is -2.21. The van der Waals surface area contributed by atoms with Crippen molar-refractivity contribution in [2.45, 2.75) is 0 Å². The van der Waals surface area contributed by atoms with Gasteiger partial charge in [-0.25, -0.2) is 0 Å². The summed E-state index contributed by atoms with van der Waals surface area (Å²) < 4.78 is 5.02. The number of phenols is 1. The number of thioether (sulfide) groups is 1. The number of rotatable bonds is 4. The Labute approximate surface area is 127 Å². The van der Waals surface area contributed by atoms with Gasteiger partial charge in [-0.2, -0.15) is 0 Å². The zero-order valence-corrected chi connectivity index (χ0v) is 12.4. The second kappa shape index (κ2) is 7.54. The van der Waals surface area contributed by atoms with Gasteiger partial charge >= 0.3 is 0 Å². The molecule has 1 aliphatic heterocycles. The van der Waals surface area contributed by atoms with Gasteiger partial charge in [0, 0.05) is 11.8 Å². The summed E-state index contributed by atoms with van der Waals surface area (Å²) in [6.07, 6.45) is 6.65. The number of allylic oxidation sites excluding steroid dienone is 2. The lowest BCUT2D eigenvalue weighted by Crippen LogP contribution is -2.25. The van der Waals surface area contributed by atoms with Gasteiger partial charge in [-0.05, 0) is 17.7 Å². The predicted octanol–water partition coefficient (Wildman–Crippen LogP) is 2.19. The number of hydrogen-bond donors (Lipinski definition) is 2. The molecule has 2 rings (SSSR count). The molecular formula is C15H16N2O3S. The van der Waals surface area contributed by atoms with E-state index in [2.05, 4.69) is 10.3 Å². The van der Waals surface area contributed by atoms with Crippen molar-refractivity contribution < 1.29 is 14.6 Å².